The number of aliphatic hydroxyl groups is 1. The van der Waals surface area contributed by atoms with Crippen LogP contribution in [0.5, 0.6) is 0 Å². The third-order valence-corrected chi connectivity index (χ3v) is 1.27. The summed E-state index contributed by atoms with van der Waals surface area (Å²) in [6.07, 6.45) is -1.02. The molecule has 0 spiro atoms. The Labute approximate surface area is 59.9 Å². The lowest BCUT2D eigenvalue weighted by molar-refractivity contribution is 0.0967. The van der Waals surface area contributed by atoms with Gasteiger partial charge in [0.05, 0.1) is 6.10 Å². The lowest BCUT2D eigenvalue weighted by atomic mass is 10.1. The number of hydrogen-bond donors (Lipinski definition) is 2. The second-order valence-corrected chi connectivity index (χ2v) is 2.15. The van der Waals surface area contributed by atoms with Crippen molar-refractivity contribution in [1.82, 2.24) is 5.32 Å². The van der Waals surface area contributed by atoms with E-state index in [4.69, 9.17) is 5.11 Å². The van der Waals surface area contributed by atoms with Crippen molar-refractivity contribution in [2.45, 2.75) is 18.7 Å². The van der Waals surface area contributed by atoms with Gasteiger partial charge in [0.15, 0.2) is 0 Å². The van der Waals surface area contributed by atoms with Gasteiger partial charge in [-0.05, 0) is 0 Å². The maximum absolute atomic E-state index is 12.2. The highest BCUT2D eigenvalue weighted by Crippen LogP contribution is 2.04. The zero-order valence-electron chi connectivity index (χ0n) is 5.01. The van der Waals surface area contributed by atoms with Gasteiger partial charge in [0.25, 0.3) is 0 Å². The summed E-state index contributed by atoms with van der Waals surface area (Å²) < 4.78 is 12.2. The monoisotopic (exact) mass is 155 g/mol. The summed E-state index contributed by atoms with van der Waals surface area (Å²) in [6.45, 7) is 0.942. The van der Waals surface area contributed by atoms with Crippen LogP contribution in [0, 0.1) is 0 Å². The normalized spacial score (nSPS) is 35.3. The SMILES string of the molecule is Cl.O[C@@H]1CNC[C@H](F)C1. The minimum atomic E-state index is -0.848. The van der Waals surface area contributed by atoms with E-state index >= 15 is 0 Å². The molecule has 2 nitrogen and oxygen atoms in total. The second kappa shape index (κ2) is 4.04. The van der Waals surface area contributed by atoms with Crippen LogP contribution in [0.25, 0.3) is 0 Å². The molecule has 0 aromatic carbocycles. The van der Waals surface area contributed by atoms with Crippen LogP contribution in [0.2, 0.25) is 0 Å². The number of rotatable bonds is 0. The molecular weight excluding hydrogens is 145 g/mol. The largest absolute Gasteiger partial charge is 0.392 e. The number of hydrogen-bond acceptors (Lipinski definition) is 2. The van der Waals surface area contributed by atoms with Crippen molar-refractivity contribution in [3.63, 3.8) is 0 Å². The van der Waals surface area contributed by atoms with Gasteiger partial charge in [-0.25, -0.2) is 4.39 Å². The fourth-order valence-electron chi connectivity index (χ4n) is 0.868. The van der Waals surface area contributed by atoms with Crippen LogP contribution < -0.4 is 5.32 Å². The van der Waals surface area contributed by atoms with Gasteiger partial charge in [0, 0.05) is 19.5 Å². The van der Waals surface area contributed by atoms with E-state index in [0.29, 0.717) is 19.5 Å². The van der Waals surface area contributed by atoms with Gasteiger partial charge in [-0.15, -0.1) is 12.4 Å². The molecule has 0 radical (unpaired) electrons. The van der Waals surface area contributed by atoms with E-state index in [9.17, 15) is 4.39 Å². The molecule has 0 unspecified atom stereocenters. The first-order valence-electron chi connectivity index (χ1n) is 2.82. The quantitative estimate of drug-likeness (QED) is 0.520. The predicted octanol–water partition coefficient (Wildman–Crippen LogP) is 0.100. The minimum absolute atomic E-state index is 0. The molecule has 1 aliphatic heterocycles. The molecular formula is C5H11ClFNO. The Morgan fingerprint density at radius 1 is 1.44 bits per heavy atom. The lowest BCUT2D eigenvalue weighted by Gasteiger charge is -2.20. The van der Waals surface area contributed by atoms with Crippen LogP contribution >= 0.6 is 12.4 Å². The number of nitrogens with one attached hydrogen (secondary N) is 1. The van der Waals surface area contributed by atoms with Gasteiger partial charge < -0.3 is 10.4 Å². The summed E-state index contributed by atoms with van der Waals surface area (Å²) in [6, 6.07) is 0. The Morgan fingerprint density at radius 2 is 2.11 bits per heavy atom. The fraction of sp³-hybridized carbons (Fsp3) is 1.00. The Morgan fingerprint density at radius 3 is 2.44 bits per heavy atom. The Balaban J connectivity index is 0.000000640. The lowest BCUT2D eigenvalue weighted by Crippen LogP contribution is -2.40. The van der Waals surface area contributed by atoms with Gasteiger partial charge >= 0.3 is 0 Å². The van der Waals surface area contributed by atoms with E-state index in [-0.39, 0.29) is 12.4 Å². The Hall–Kier alpha value is 0.140. The van der Waals surface area contributed by atoms with Gasteiger partial charge in [0.1, 0.15) is 6.17 Å². The maximum Gasteiger partial charge on any atom is 0.115 e. The number of piperidine rings is 1. The molecule has 0 aromatic heterocycles. The summed E-state index contributed by atoms with van der Waals surface area (Å²) in [5.74, 6) is 0. The highest BCUT2D eigenvalue weighted by molar-refractivity contribution is 5.85. The van der Waals surface area contributed by atoms with Crippen molar-refractivity contribution >= 4 is 12.4 Å². The van der Waals surface area contributed by atoms with Gasteiger partial charge in [-0.2, -0.15) is 0 Å². The molecule has 4 heteroatoms. The molecule has 0 bridgehead atoms. The zero-order valence-corrected chi connectivity index (χ0v) is 5.83. The summed E-state index contributed by atoms with van der Waals surface area (Å²) in [7, 11) is 0. The molecule has 0 aliphatic carbocycles. The average molecular weight is 156 g/mol. The average Bonchev–Trinajstić information content (AvgIpc) is 1.64. The molecule has 0 aromatic rings. The van der Waals surface area contributed by atoms with Crippen LogP contribution in [0.1, 0.15) is 6.42 Å². The van der Waals surface area contributed by atoms with E-state index < -0.39 is 12.3 Å². The van der Waals surface area contributed by atoms with Gasteiger partial charge in [-0.1, -0.05) is 0 Å². The molecule has 0 saturated carbocycles. The molecule has 2 N–H and O–H groups in total. The summed E-state index contributed by atoms with van der Waals surface area (Å²) >= 11 is 0. The molecule has 1 saturated heterocycles. The van der Waals surface area contributed by atoms with E-state index in [1.54, 1.807) is 0 Å². The van der Waals surface area contributed by atoms with Crippen molar-refractivity contribution in [2.24, 2.45) is 0 Å². The topological polar surface area (TPSA) is 32.3 Å². The fourth-order valence-corrected chi connectivity index (χ4v) is 0.868. The van der Waals surface area contributed by atoms with Crippen molar-refractivity contribution in [3.05, 3.63) is 0 Å². The van der Waals surface area contributed by atoms with Crippen LogP contribution in [0.4, 0.5) is 4.39 Å². The molecule has 1 rings (SSSR count). The Kier molecular flexibility index (Phi) is 4.10. The third-order valence-electron chi connectivity index (χ3n) is 1.27. The maximum atomic E-state index is 12.2. The van der Waals surface area contributed by atoms with Crippen molar-refractivity contribution in [1.29, 1.82) is 0 Å². The van der Waals surface area contributed by atoms with Crippen molar-refractivity contribution in [3.8, 4) is 0 Å². The van der Waals surface area contributed by atoms with E-state index in [1.807, 2.05) is 0 Å². The number of β-amino-alcohol motifs (C(OH)–C–C–N with tert-alkyl or cyclic N) is 1. The summed E-state index contributed by atoms with van der Waals surface area (Å²) in [5, 5.41) is 11.5. The molecule has 0 amide bonds. The van der Waals surface area contributed by atoms with Crippen LogP contribution in [0.3, 0.4) is 0 Å². The highest BCUT2D eigenvalue weighted by Gasteiger charge is 2.17. The third kappa shape index (κ3) is 2.98. The van der Waals surface area contributed by atoms with E-state index in [0.717, 1.165) is 0 Å². The molecule has 1 aliphatic rings. The molecule has 1 heterocycles. The first kappa shape index (κ1) is 9.14. The predicted molar refractivity (Wildman–Crippen MR) is 35.6 cm³/mol. The van der Waals surface area contributed by atoms with Gasteiger partial charge in [-0.3, -0.25) is 0 Å². The summed E-state index contributed by atoms with van der Waals surface area (Å²) in [5.41, 5.74) is 0. The van der Waals surface area contributed by atoms with E-state index in [1.165, 1.54) is 0 Å². The van der Waals surface area contributed by atoms with Crippen molar-refractivity contribution in [2.75, 3.05) is 13.1 Å². The Bertz CT molecular complexity index is 75.4. The van der Waals surface area contributed by atoms with Crippen LogP contribution in [0.15, 0.2) is 0 Å². The number of alkyl halides is 1. The summed E-state index contributed by atoms with van der Waals surface area (Å²) in [4.78, 5) is 0. The highest BCUT2D eigenvalue weighted by atomic mass is 35.5. The van der Waals surface area contributed by atoms with Gasteiger partial charge in [0.2, 0.25) is 0 Å². The zero-order chi connectivity index (χ0) is 5.98. The standard InChI is InChI=1S/C5H10FNO.ClH/c6-4-1-5(8)3-7-2-4;/h4-5,7-8H,1-3H2;1H/t4-,5+;/m1./s1. The number of aliphatic hydroxyl groups excluding tert-OH is 1. The van der Waals surface area contributed by atoms with Crippen LogP contribution in [-0.4, -0.2) is 30.5 Å². The minimum Gasteiger partial charge on any atom is -0.392 e. The first-order valence-corrected chi connectivity index (χ1v) is 2.82. The van der Waals surface area contributed by atoms with Crippen LogP contribution in [-0.2, 0) is 0 Å². The molecule has 1 fully saturated rings. The second-order valence-electron chi connectivity index (χ2n) is 2.15. The first-order chi connectivity index (χ1) is 3.79. The number of halogens is 2. The molecule has 2 atom stereocenters. The smallest absolute Gasteiger partial charge is 0.115 e. The molecule has 9 heavy (non-hydrogen) atoms. The van der Waals surface area contributed by atoms with Crippen molar-refractivity contribution < 1.29 is 9.50 Å². The molecule has 56 valence electrons. The van der Waals surface area contributed by atoms with E-state index in [2.05, 4.69) is 5.32 Å².